The van der Waals surface area contributed by atoms with Crippen molar-refractivity contribution in [1.29, 1.82) is 0 Å². The molecule has 0 spiro atoms. The molecule has 0 atom stereocenters. The highest BCUT2D eigenvalue weighted by Gasteiger charge is 2.16. The Bertz CT molecular complexity index is 586. The van der Waals surface area contributed by atoms with E-state index < -0.39 is 0 Å². The molecule has 0 bridgehead atoms. The summed E-state index contributed by atoms with van der Waals surface area (Å²) >= 11 is 8.29. The molecule has 0 radical (unpaired) electrons. The number of hydrogen-bond acceptors (Lipinski definition) is 3. The lowest BCUT2D eigenvalue weighted by Gasteiger charge is -2.04. The maximum absolute atomic E-state index is 12.4. The molecule has 0 saturated carbocycles. The van der Waals surface area contributed by atoms with Crippen LogP contribution < -0.4 is 4.74 Å². The number of thiophene rings is 1. The van der Waals surface area contributed by atoms with E-state index in [0.717, 1.165) is 24.4 Å². The van der Waals surface area contributed by atoms with E-state index >= 15 is 0 Å². The van der Waals surface area contributed by atoms with Crippen LogP contribution in [0, 0.1) is 6.92 Å². The summed E-state index contributed by atoms with van der Waals surface area (Å²) in [6.07, 6.45) is 0. The smallest absolute Gasteiger partial charge is 0.204 e. The molecular weight excluding hydrogens is 380 g/mol. The molecule has 0 aliphatic rings. The van der Waals surface area contributed by atoms with Gasteiger partial charge in [-0.1, -0.05) is 0 Å². The molecule has 0 unspecified atom stereocenters. The van der Waals surface area contributed by atoms with Crippen molar-refractivity contribution < 1.29 is 9.53 Å². The Hall–Kier alpha value is -0.650. The van der Waals surface area contributed by atoms with Gasteiger partial charge < -0.3 is 4.74 Å². The summed E-state index contributed by atoms with van der Waals surface area (Å²) in [5.74, 6) is 0.741. The van der Waals surface area contributed by atoms with Gasteiger partial charge in [0.1, 0.15) is 5.75 Å². The van der Waals surface area contributed by atoms with Crippen LogP contribution in [-0.4, -0.2) is 12.9 Å². The second kappa shape index (κ2) is 5.55. The normalized spacial score (nSPS) is 10.4. The van der Waals surface area contributed by atoms with E-state index in [4.69, 9.17) is 4.74 Å². The van der Waals surface area contributed by atoms with Crippen molar-refractivity contribution in [2.24, 2.45) is 0 Å². The molecule has 5 heteroatoms. The molecule has 0 amide bonds. The Morgan fingerprint density at radius 1 is 1.28 bits per heavy atom. The predicted molar refractivity (Wildman–Crippen MR) is 80.9 cm³/mol. The van der Waals surface area contributed by atoms with Crippen molar-refractivity contribution in [2.45, 2.75) is 6.92 Å². The van der Waals surface area contributed by atoms with Gasteiger partial charge in [0, 0.05) is 10.0 Å². The minimum atomic E-state index is 0.0170. The fraction of sp³-hybridized carbons (Fsp3) is 0.154. The van der Waals surface area contributed by atoms with Crippen molar-refractivity contribution in [2.75, 3.05) is 7.11 Å². The number of aryl methyl sites for hydroxylation is 1. The van der Waals surface area contributed by atoms with Gasteiger partial charge in [0.2, 0.25) is 5.78 Å². The summed E-state index contributed by atoms with van der Waals surface area (Å²) in [4.78, 5) is 13.1. The highest BCUT2D eigenvalue weighted by molar-refractivity contribution is 9.11. The molecule has 0 aliphatic heterocycles. The maximum atomic E-state index is 12.4. The second-order valence-corrected chi connectivity index (χ2v) is 6.97. The van der Waals surface area contributed by atoms with E-state index in [1.54, 1.807) is 25.3 Å². The number of ether oxygens (including phenoxy) is 1. The summed E-state index contributed by atoms with van der Waals surface area (Å²) < 4.78 is 6.85. The van der Waals surface area contributed by atoms with Crippen LogP contribution in [0.2, 0.25) is 0 Å². The number of benzene rings is 1. The Balaban J connectivity index is 2.40. The Morgan fingerprint density at radius 2 is 2.00 bits per heavy atom. The summed E-state index contributed by atoms with van der Waals surface area (Å²) in [5.41, 5.74) is 1.72. The molecule has 0 N–H and O–H groups in total. The van der Waals surface area contributed by atoms with Gasteiger partial charge in [0.25, 0.3) is 0 Å². The minimum Gasteiger partial charge on any atom is -0.497 e. The lowest BCUT2D eigenvalue weighted by molar-refractivity contribution is 0.104. The highest BCUT2D eigenvalue weighted by atomic mass is 79.9. The quantitative estimate of drug-likeness (QED) is 0.703. The monoisotopic (exact) mass is 388 g/mol. The zero-order valence-corrected chi connectivity index (χ0v) is 13.8. The van der Waals surface area contributed by atoms with Crippen LogP contribution in [0.1, 0.15) is 20.8 Å². The fourth-order valence-corrected chi connectivity index (χ4v) is 3.54. The molecule has 1 aromatic carbocycles. The largest absolute Gasteiger partial charge is 0.497 e. The highest BCUT2D eigenvalue weighted by Crippen LogP contribution is 2.31. The number of carbonyl (C=O) groups excluding carboxylic acids is 1. The number of carbonyl (C=O) groups is 1. The average Bonchev–Trinajstić information content (AvgIpc) is 2.68. The summed E-state index contributed by atoms with van der Waals surface area (Å²) in [6.45, 7) is 1.97. The number of hydrogen-bond donors (Lipinski definition) is 0. The number of ketones is 1. The Labute approximate surface area is 126 Å². The van der Waals surface area contributed by atoms with Crippen molar-refractivity contribution in [3.63, 3.8) is 0 Å². The molecule has 1 aromatic heterocycles. The van der Waals surface area contributed by atoms with Crippen LogP contribution >= 0.6 is 43.2 Å². The Kier molecular flexibility index (Phi) is 4.25. The van der Waals surface area contributed by atoms with E-state index in [1.165, 1.54) is 11.3 Å². The van der Waals surface area contributed by atoms with Gasteiger partial charge in [0.15, 0.2) is 0 Å². The van der Waals surface area contributed by atoms with E-state index in [0.29, 0.717) is 5.56 Å². The summed E-state index contributed by atoms with van der Waals surface area (Å²) in [7, 11) is 1.60. The fourth-order valence-electron chi connectivity index (χ4n) is 1.51. The SMILES string of the molecule is COc1ccc(C(=O)c2cc(C)c(Br)s2)c(Br)c1. The zero-order chi connectivity index (χ0) is 13.3. The number of halogens is 2. The van der Waals surface area contributed by atoms with Gasteiger partial charge in [-0.25, -0.2) is 0 Å². The third kappa shape index (κ3) is 2.68. The van der Waals surface area contributed by atoms with Crippen molar-refractivity contribution in [3.8, 4) is 5.75 Å². The van der Waals surface area contributed by atoms with Crippen molar-refractivity contribution in [1.82, 2.24) is 0 Å². The van der Waals surface area contributed by atoms with Gasteiger partial charge in [-0.15, -0.1) is 11.3 Å². The van der Waals surface area contributed by atoms with E-state index in [9.17, 15) is 4.79 Å². The van der Waals surface area contributed by atoms with E-state index in [2.05, 4.69) is 31.9 Å². The molecule has 2 rings (SSSR count). The van der Waals surface area contributed by atoms with Crippen molar-refractivity contribution >= 4 is 49.0 Å². The lowest BCUT2D eigenvalue weighted by atomic mass is 10.1. The van der Waals surface area contributed by atoms with Crippen molar-refractivity contribution in [3.05, 3.63) is 48.5 Å². The summed E-state index contributed by atoms with van der Waals surface area (Å²) in [6, 6.07) is 7.25. The van der Waals surface area contributed by atoms with Crippen LogP contribution in [0.15, 0.2) is 32.5 Å². The lowest BCUT2D eigenvalue weighted by Crippen LogP contribution is -2.00. The molecule has 1 heterocycles. The van der Waals surface area contributed by atoms with Gasteiger partial charge in [0.05, 0.1) is 15.8 Å². The first kappa shape index (κ1) is 13.8. The van der Waals surface area contributed by atoms with Gasteiger partial charge in [-0.05, 0) is 68.6 Å². The molecule has 0 aliphatic carbocycles. The molecular formula is C13H10Br2O2S. The Morgan fingerprint density at radius 3 is 2.50 bits per heavy atom. The van der Waals surface area contributed by atoms with Crippen LogP contribution in [-0.2, 0) is 0 Å². The first-order valence-electron chi connectivity index (χ1n) is 5.17. The van der Waals surface area contributed by atoms with Crippen LogP contribution in [0.4, 0.5) is 0 Å². The second-order valence-electron chi connectivity index (χ2n) is 3.74. The predicted octanol–water partition coefficient (Wildman–Crippen LogP) is 4.82. The third-order valence-electron chi connectivity index (χ3n) is 2.50. The molecule has 94 valence electrons. The van der Waals surface area contributed by atoms with Gasteiger partial charge >= 0.3 is 0 Å². The van der Waals surface area contributed by atoms with Gasteiger partial charge in [-0.3, -0.25) is 4.79 Å². The third-order valence-corrected chi connectivity index (χ3v) is 5.29. The van der Waals surface area contributed by atoms with Crippen LogP contribution in [0.5, 0.6) is 5.75 Å². The van der Waals surface area contributed by atoms with Crippen LogP contribution in [0.25, 0.3) is 0 Å². The molecule has 2 nitrogen and oxygen atoms in total. The van der Waals surface area contributed by atoms with Crippen LogP contribution in [0.3, 0.4) is 0 Å². The number of methoxy groups -OCH3 is 1. The van der Waals surface area contributed by atoms with E-state index in [1.807, 2.05) is 13.0 Å². The van der Waals surface area contributed by atoms with E-state index in [-0.39, 0.29) is 5.78 Å². The first-order valence-corrected chi connectivity index (χ1v) is 7.57. The maximum Gasteiger partial charge on any atom is 0.204 e. The number of rotatable bonds is 3. The minimum absolute atomic E-state index is 0.0170. The molecule has 0 saturated heterocycles. The molecule has 0 fully saturated rings. The topological polar surface area (TPSA) is 26.3 Å². The molecule has 18 heavy (non-hydrogen) atoms. The average molecular weight is 390 g/mol. The standard InChI is InChI=1S/C13H10Br2O2S/c1-7-5-11(18-13(7)15)12(16)9-4-3-8(17-2)6-10(9)14/h3-6H,1-2H3. The molecule has 2 aromatic rings. The summed E-state index contributed by atoms with van der Waals surface area (Å²) in [5, 5.41) is 0. The first-order chi connectivity index (χ1) is 8.52. The van der Waals surface area contributed by atoms with Gasteiger partial charge in [-0.2, -0.15) is 0 Å². The zero-order valence-electron chi connectivity index (χ0n) is 9.79.